The van der Waals surface area contributed by atoms with Crippen molar-refractivity contribution in [1.29, 1.82) is 0 Å². The number of hydrogen-bond acceptors (Lipinski definition) is 4. The van der Waals surface area contributed by atoms with Crippen molar-refractivity contribution in [3.8, 4) is 0 Å². The van der Waals surface area contributed by atoms with E-state index < -0.39 is 0 Å². The van der Waals surface area contributed by atoms with Crippen LogP contribution in [0.2, 0.25) is 0 Å². The third-order valence-corrected chi connectivity index (χ3v) is 6.50. The van der Waals surface area contributed by atoms with Gasteiger partial charge in [0.1, 0.15) is 0 Å². The fourth-order valence-corrected chi connectivity index (χ4v) is 4.11. The van der Waals surface area contributed by atoms with E-state index >= 15 is 0 Å². The topological polar surface area (TPSA) is 63.1 Å². The van der Waals surface area contributed by atoms with Gasteiger partial charge in [0.15, 0.2) is 5.96 Å². The summed E-state index contributed by atoms with van der Waals surface area (Å²) in [6.07, 6.45) is 4.01. The van der Waals surface area contributed by atoms with Gasteiger partial charge in [-0.3, -0.25) is 9.89 Å². The SMILES string of the molecule is CCNC(=NCC(CC)(CC)CCO)NCCCN1CCN(c2ccccc2)CC1.I. The summed E-state index contributed by atoms with van der Waals surface area (Å²) in [6.45, 7) is 14.9. The summed E-state index contributed by atoms with van der Waals surface area (Å²) in [4.78, 5) is 9.88. The molecule has 31 heavy (non-hydrogen) atoms. The van der Waals surface area contributed by atoms with Crippen LogP contribution in [0.25, 0.3) is 0 Å². The monoisotopic (exact) mass is 545 g/mol. The number of aliphatic hydroxyl groups is 1. The fourth-order valence-electron chi connectivity index (χ4n) is 4.11. The van der Waals surface area contributed by atoms with Gasteiger partial charge in [-0.1, -0.05) is 32.0 Å². The Morgan fingerprint density at radius 1 is 1.03 bits per heavy atom. The molecule has 1 saturated heterocycles. The molecule has 0 saturated carbocycles. The van der Waals surface area contributed by atoms with Gasteiger partial charge in [0.25, 0.3) is 0 Å². The zero-order valence-electron chi connectivity index (χ0n) is 19.8. The summed E-state index contributed by atoms with van der Waals surface area (Å²) in [5, 5.41) is 16.3. The van der Waals surface area contributed by atoms with Crippen LogP contribution in [-0.2, 0) is 0 Å². The summed E-state index contributed by atoms with van der Waals surface area (Å²) in [6, 6.07) is 10.7. The van der Waals surface area contributed by atoms with Gasteiger partial charge in [-0.25, -0.2) is 0 Å². The second kappa shape index (κ2) is 15.7. The Morgan fingerprint density at radius 2 is 1.71 bits per heavy atom. The van der Waals surface area contributed by atoms with Crippen LogP contribution in [-0.4, -0.2) is 74.9 Å². The van der Waals surface area contributed by atoms with E-state index in [1.165, 1.54) is 5.69 Å². The van der Waals surface area contributed by atoms with E-state index in [0.717, 1.165) is 84.0 Å². The van der Waals surface area contributed by atoms with Crippen molar-refractivity contribution in [2.75, 3.05) is 63.9 Å². The Labute approximate surface area is 206 Å². The van der Waals surface area contributed by atoms with Crippen LogP contribution in [0, 0.1) is 5.41 Å². The predicted molar refractivity (Wildman–Crippen MR) is 144 cm³/mol. The van der Waals surface area contributed by atoms with Crippen molar-refractivity contribution < 1.29 is 5.11 Å². The molecule has 0 atom stereocenters. The first-order valence-electron chi connectivity index (χ1n) is 11.8. The van der Waals surface area contributed by atoms with Crippen molar-refractivity contribution >= 4 is 35.6 Å². The van der Waals surface area contributed by atoms with E-state index in [4.69, 9.17) is 4.99 Å². The molecule has 6 nitrogen and oxygen atoms in total. The maximum Gasteiger partial charge on any atom is 0.191 e. The number of nitrogens with zero attached hydrogens (tertiary/aromatic N) is 3. The van der Waals surface area contributed by atoms with Crippen LogP contribution in [0.5, 0.6) is 0 Å². The predicted octanol–water partition coefficient (Wildman–Crippen LogP) is 3.56. The standard InChI is InChI=1S/C24H43N5O.HI/c1-4-24(5-2,13-20-30)21-27-23(25-6-3)26-14-10-15-28-16-18-29(19-17-28)22-11-8-7-9-12-22;/h7-9,11-12,30H,4-6,10,13-21H2,1-3H3,(H2,25,26,27);1H. The molecule has 1 heterocycles. The summed E-state index contributed by atoms with van der Waals surface area (Å²) >= 11 is 0. The van der Waals surface area contributed by atoms with Crippen LogP contribution in [0.15, 0.2) is 35.3 Å². The number of anilines is 1. The van der Waals surface area contributed by atoms with Crippen molar-refractivity contribution in [3.05, 3.63) is 30.3 Å². The maximum atomic E-state index is 9.42. The Bertz CT molecular complexity index is 601. The Kier molecular flexibility index (Phi) is 14.2. The fraction of sp³-hybridized carbons (Fsp3) is 0.708. The Morgan fingerprint density at radius 3 is 2.29 bits per heavy atom. The lowest BCUT2D eigenvalue weighted by Crippen LogP contribution is -2.47. The molecule has 1 fully saturated rings. The minimum atomic E-state index is 0. The zero-order valence-corrected chi connectivity index (χ0v) is 22.1. The second-order valence-corrected chi connectivity index (χ2v) is 8.32. The minimum absolute atomic E-state index is 0. The van der Waals surface area contributed by atoms with Gasteiger partial charge >= 0.3 is 0 Å². The molecular formula is C24H44IN5O. The van der Waals surface area contributed by atoms with Crippen LogP contribution in [0.3, 0.4) is 0 Å². The molecule has 178 valence electrons. The number of rotatable bonds is 12. The molecule has 0 spiro atoms. The highest BCUT2D eigenvalue weighted by atomic mass is 127. The third-order valence-electron chi connectivity index (χ3n) is 6.50. The highest BCUT2D eigenvalue weighted by Crippen LogP contribution is 2.30. The first-order chi connectivity index (χ1) is 14.7. The van der Waals surface area contributed by atoms with Gasteiger partial charge < -0.3 is 20.6 Å². The first-order valence-corrected chi connectivity index (χ1v) is 11.8. The Hall–Kier alpha value is -1.06. The van der Waals surface area contributed by atoms with E-state index in [1.54, 1.807) is 0 Å². The number of nitrogens with one attached hydrogen (secondary N) is 2. The number of aliphatic imine (C=N–C) groups is 1. The van der Waals surface area contributed by atoms with E-state index in [1.807, 2.05) is 0 Å². The van der Waals surface area contributed by atoms with Crippen molar-refractivity contribution in [1.82, 2.24) is 15.5 Å². The van der Waals surface area contributed by atoms with Crippen LogP contribution >= 0.6 is 24.0 Å². The molecule has 0 unspecified atom stereocenters. The summed E-state index contributed by atoms with van der Waals surface area (Å²) in [7, 11) is 0. The quantitative estimate of drug-likeness (QED) is 0.162. The molecule has 0 bridgehead atoms. The van der Waals surface area contributed by atoms with Gasteiger partial charge in [-0.15, -0.1) is 24.0 Å². The average Bonchev–Trinajstić information content (AvgIpc) is 2.80. The molecule has 2 rings (SSSR count). The normalized spacial score (nSPS) is 15.5. The molecule has 1 aromatic carbocycles. The highest BCUT2D eigenvalue weighted by molar-refractivity contribution is 14.0. The van der Waals surface area contributed by atoms with E-state index in [9.17, 15) is 5.11 Å². The number of benzene rings is 1. The molecule has 0 amide bonds. The minimum Gasteiger partial charge on any atom is -0.396 e. The van der Waals surface area contributed by atoms with Crippen LogP contribution < -0.4 is 15.5 Å². The van der Waals surface area contributed by atoms with Crippen molar-refractivity contribution in [2.24, 2.45) is 10.4 Å². The van der Waals surface area contributed by atoms with Gasteiger partial charge in [0, 0.05) is 58.1 Å². The lowest BCUT2D eigenvalue weighted by atomic mass is 9.79. The highest BCUT2D eigenvalue weighted by Gasteiger charge is 2.25. The van der Waals surface area contributed by atoms with Crippen LogP contribution in [0.1, 0.15) is 46.5 Å². The smallest absolute Gasteiger partial charge is 0.191 e. The number of guanidine groups is 1. The van der Waals surface area contributed by atoms with Gasteiger partial charge in [-0.2, -0.15) is 0 Å². The average molecular weight is 546 g/mol. The number of piperazine rings is 1. The molecule has 3 N–H and O–H groups in total. The molecule has 0 aromatic heterocycles. The molecule has 0 radical (unpaired) electrons. The van der Waals surface area contributed by atoms with Crippen molar-refractivity contribution in [3.63, 3.8) is 0 Å². The van der Waals surface area contributed by atoms with Gasteiger partial charge in [-0.05, 0) is 56.7 Å². The largest absolute Gasteiger partial charge is 0.396 e. The number of hydrogen-bond donors (Lipinski definition) is 3. The Balaban J connectivity index is 0.00000480. The summed E-state index contributed by atoms with van der Waals surface area (Å²) in [5.41, 5.74) is 1.44. The lowest BCUT2D eigenvalue weighted by molar-refractivity contribution is 0.175. The molecule has 1 aliphatic heterocycles. The summed E-state index contributed by atoms with van der Waals surface area (Å²) < 4.78 is 0. The van der Waals surface area contributed by atoms with Gasteiger partial charge in [0.05, 0.1) is 0 Å². The summed E-state index contributed by atoms with van der Waals surface area (Å²) in [5.74, 6) is 0.899. The van der Waals surface area contributed by atoms with Crippen LogP contribution in [0.4, 0.5) is 5.69 Å². The van der Waals surface area contributed by atoms with Crippen molar-refractivity contribution in [2.45, 2.75) is 46.5 Å². The molecule has 1 aliphatic rings. The van der Waals surface area contributed by atoms with E-state index in [2.05, 4.69) is 71.5 Å². The molecule has 1 aromatic rings. The van der Waals surface area contributed by atoms with E-state index in [-0.39, 0.29) is 36.0 Å². The number of aliphatic hydroxyl groups excluding tert-OH is 1. The number of halogens is 1. The molecular weight excluding hydrogens is 501 g/mol. The first kappa shape index (κ1) is 28.0. The third kappa shape index (κ3) is 9.53. The molecule has 0 aliphatic carbocycles. The second-order valence-electron chi connectivity index (χ2n) is 8.32. The van der Waals surface area contributed by atoms with E-state index in [0.29, 0.717) is 0 Å². The molecule has 7 heteroatoms. The zero-order chi connectivity index (χ0) is 21.7. The number of para-hydroxylation sites is 1. The maximum absolute atomic E-state index is 9.42. The lowest BCUT2D eigenvalue weighted by Gasteiger charge is -2.36. The van der Waals surface area contributed by atoms with Gasteiger partial charge in [0.2, 0.25) is 0 Å².